The number of amides is 2. The average Bonchev–Trinajstić information content (AvgIpc) is 3.18. The molecule has 1 aliphatic rings. The SMILES string of the molecule is CC(NC(=O)c1ccc(C(=O)NO)s1)c1ccc(C2CCCCC2)cc1. The number of hydrogen-bond donors (Lipinski definition) is 3. The van der Waals surface area contributed by atoms with Crippen LogP contribution in [0.3, 0.4) is 0 Å². The summed E-state index contributed by atoms with van der Waals surface area (Å²) in [5.41, 5.74) is 4.02. The van der Waals surface area contributed by atoms with Crippen molar-refractivity contribution in [1.29, 1.82) is 0 Å². The third-order valence-corrected chi connectivity index (χ3v) is 6.10. The molecule has 0 radical (unpaired) electrons. The van der Waals surface area contributed by atoms with Crippen molar-refractivity contribution in [3.63, 3.8) is 0 Å². The van der Waals surface area contributed by atoms with E-state index in [0.717, 1.165) is 16.9 Å². The molecule has 1 aliphatic carbocycles. The van der Waals surface area contributed by atoms with E-state index in [9.17, 15) is 9.59 Å². The van der Waals surface area contributed by atoms with E-state index < -0.39 is 5.91 Å². The number of nitrogens with one attached hydrogen (secondary N) is 2. The van der Waals surface area contributed by atoms with Crippen molar-refractivity contribution in [3.05, 3.63) is 57.3 Å². The fourth-order valence-electron chi connectivity index (χ4n) is 3.48. The molecule has 3 rings (SSSR count). The predicted octanol–water partition coefficient (Wildman–Crippen LogP) is 4.41. The van der Waals surface area contributed by atoms with Crippen LogP contribution >= 0.6 is 11.3 Å². The molecule has 1 unspecified atom stereocenters. The second kappa shape index (κ2) is 8.47. The zero-order chi connectivity index (χ0) is 18.5. The van der Waals surface area contributed by atoms with Crippen molar-refractivity contribution >= 4 is 23.2 Å². The van der Waals surface area contributed by atoms with Gasteiger partial charge in [0.25, 0.3) is 11.8 Å². The summed E-state index contributed by atoms with van der Waals surface area (Å²) in [6.45, 7) is 1.95. The minimum Gasteiger partial charge on any atom is -0.345 e. The van der Waals surface area contributed by atoms with Crippen molar-refractivity contribution in [1.82, 2.24) is 10.8 Å². The van der Waals surface area contributed by atoms with E-state index in [1.54, 1.807) is 11.5 Å². The maximum absolute atomic E-state index is 12.4. The number of thiophene rings is 1. The van der Waals surface area contributed by atoms with Gasteiger partial charge in [0, 0.05) is 0 Å². The molecule has 1 aromatic carbocycles. The lowest BCUT2D eigenvalue weighted by Crippen LogP contribution is -2.25. The van der Waals surface area contributed by atoms with Crippen molar-refractivity contribution in [3.8, 4) is 0 Å². The zero-order valence-corrected chi connectivity index (χ0v) is 15.6. The smallest absolute Gasteiger partial charge is 0.284 e. The summed E-state index contributed by atoms with van der Waals surface area (Å²) < 4.78 is 0. The van der Waals surface area contributed by atoms with Crippen LogP contribution in [-0.4, -0.2) is 17.0 Å². The molecule has 1 saturated carbocycles. The first-order valence-corrected chi connectivity index (χ1v) is 9.85. The summed E-state index contributed by atoms with van der Waals surface area (Å²) in [5.74, 6) is -0.166. The first-order chi connectivity index (χ1) is 12.6. The highest BCUT2D eigenvalue weighted by Gasteiger charge is 2.18. The van der Waals surface area contributed by atoms with Crippen LogP contribution in [0.15, 0.2) is 36.4 Å². The van der Waals surface area contributed by atoms with Crippen LogP contribution in [-0.2, 0) is 0 Å². The Hall–Kier alpha value is -2.18. The molecule has 26 heavy (non-hydrogen) atoms. The Morgan fingerprint density at radius 3 is 2.23 bits per heavy atom. The van der Waals surface area contributed by atoms with E-state index in [1.807, 2.05) is 6.92 Å². The molecule has 0 saturated heterocycles. The lowest BCUT2D eigenvalue weighted by Gasteiger charge is -2.22. The molecule has 3 N–H and O–H groups in total. The second-order valence-electron chi connectivity index (χ2n) is 6.80. The van der Waals surface area contributed by atoms with E-state index in [4.69, 9.17) is 5.21 Å². The van der Waals surface area contributed by atoms with Crippen LogP contribution in [0, 0.1) is 0 Å². The zero-order valence-electron chi connectivity index (χ0n) is 14.8. The van der Waals surface area contributed by atoms with Crippen molar-refractivity contribution in [2.24, 2.45) is 0 Å². The van der Waals surface area contributed by atoms with Crippen molar-refractivity contribution in [2.75, 3.05) is 0 Å². The normalized spacial score (nSPS) is 16.1. The highest BCUT2D eigenvalue weighted by Crippen LogP contribution is 2.33. The number of hydroxylamine groups is 1. The molecule has 5 nitrogen and oxygen atoms in total. The maximum atomic E-state index is 12.4. The number of carbonyl (C=O) groups excluding carboxylic acids is 2. The Morgan fingerprint density at radius 2 is 1.62 bits per heavy atom. The standard InChI is InChI=1S/C20H24N2O3S/c1-13(21-19(23)17-11-12-18(26-17)20(24)22-25)14-7-9-16(10-8-14)15-5-3-2-4-6-15/h7-13,15,25H,2-6H2,1H3,(H,21,23)(H,22,24). The molecular formula is C20H24N2O3S. The molecule has 1 fully saturated rings. The molecule has 1 atom stereocenters. The molecule has 138 valence electrons. The van der Waals surface area contributed by atoms with Gasteiger partial charge in [-0.25, -0.2) is 5.48 Å². The molecule has 1 aromatic heterocycles. The van der Waals surface area contributed by atoms with Gasteiger partial charge < -0.3 is 5.32 Å². The molecule has 0 spiro atoms. The molecular weight excluding hydrogens is 348 g/mol. The van der Waals surface area contributed by atoms with Crippen molar-refractivity contribution < 1.29 is 14.8 Å². The third kappa shape index (κ3) is 4.31. The summed E-state index contributed by atoms with van der Waals surface area (Å²) in [7, 11) is 0. The van der Waals surface area contributed by atoms with Gasteiger partial charge in [-0.3, -0.25) is 14.8 Å². The summed E-state index contributed by atoms with van der Waals surface area (Å²) in [4.78, 5) is 24.5. The van der Waals surface area contributed by atoms with Crippen LogP contribution in [0.2, 0.25) is 0 Å². The predicted molar refractivity (Wildman–Crippen MR) is 102 cm³/mol. The maximum Gasteiger partial charge on any atom is 0.284 e. The summed E-state index contributed by atoms with van der Waals surface area (Å²) >= 11 is 1.05. The van der Waals surface area contributed by atoms with E-state index in [2.05, 4.69) is 29.6 Å². The molecule has 2 amide bonds. The molecule has 2 aromatic rings. The molecule has 1 heterocycles. The largest absolute Gasteiger partial charge is 0.345 e. The summed E-state index contributed by atoms with van der Waals surface area (Å²) in [6, 6.07) is 11.5. The fourth-order valence-corrected chi connectivity index (χ4v) is 4.28. The lowest BCUT2D eigenvalue weighted by atomic mass is 9.84. The Bertz CT molecular complexity index is 764. The number of carbonyl (C=O) groups is 2. The number of hydrogen-bond acceptors (Lipinski definition) is 4. The van der Waals surface area contributed by atoms with E-state index in [0.29, 0.717) is 15.7 Å². The minimum absolute atomic E-state index is 0.125. The van der Waals surface area contributed by atoms with Gasteiger partial charge in [0.15, 0.2) is 0 Å². The number of rotatable bonds is 5. The highest BCUT2D eigenvalue weighted by molar-refractivity contribution is 7.15. The Morgan fingerprint density at radius 1 is 1.00 bits per heavy atom. The van der Waals surface area contributed by atoms with E-state index in [1.165, 1.54) is 43.7 Å². The first kappa shape index (κ1) is 18.6. The Labute approximate surface area is 157 Å². The van der Waals surface area contributed by atoms with E-state index in [-0.39, 0.29) is 11.9 Å². The van der Waals surface area contributed by atoms with Crippen LogP contribution in [0.25, 0.3) is 0 Å². The fraction of sp³-hybridized carbons (Fsp3) is 0.400. The van der Waals surface area contributed by atoms with Crippen LogP contribution < -0.4 is 10.8 Å². The Balaban J connectivity index is 1.61. The molecule has 0 bridgehead atoms. The van der Waals surface area contributed by atoms with Gasteiger partial charge in [-0.15, -0.1) is 11.3 Å². The minimum atomic E-state index is -0.611. The Kier molecular flexibility index (Phi) is 6.06. The van der Waals surface area contributed by atoms with Crippen LogP contribution in [0.4, 0.5) is 0 Å². The van der Waals surface area contributed by atoms with Crippen LogP contribution in [0.1, 0.15) is 81.5 Å². The van der Waals surface area contributed by atoms with Gasteiger partial charge in [0.2, 0.25) is 0 Å². The van der Waals surface area contributed by atoms with Gasteiger partial charge >= 0.3 is 0 Å². The summed E-state index contributed by atoms with van der Waals surface area (Å²) in [6.07, 6.45) is 6.52. The van der Waals surface area contributed by atoms with Gasteiger partial charge in [-0.2, -0.15) is 0 Å². The lowest BCUT2D eigenvalue weighted by molar-refractivity contribution is 0.0711. The highest BCUT2D eigenvalue weighted by atomic mass is 32.1. The van der Waals surface area contributed by atoms with E-state index >= 15 is 0 Å². The van der Waals surface area contributed by atoms with Crippen molar-refractivity contribution in [2.45, 2.75) is 51.0 Å². The second-order valence-corrected chi connectivity index (χ2v) is 7.89. The first-order valence-electron chi connectivity index (χ1n) is 9.03. The van der Waals surface area contributed by atoms with Gasteiger partial charge in [-0.1, -0.05) is 43.5 Å². The van der Waals surface area contributed by atoms with Gasteiger partial charge in [-0.05, 0) is 48.9 Å². The van der Waals surface area contributed by atoms with Crippen LogP contribution in [0.5, 0.6) is 0 Å². The number of benzene rings is 1. The van der Waals surface area contributed by atoms with Gasteiger partial charge in [0.1, 0.15) is 0 Å². The molecule has 6 heteroatoms. The van der Waals surface area contributed by atoms with Gasteiger partial charge in [0.05, 0.1) is 15.8 Å². The topological polar surface area (TPSA) is 78.4 Å². The summed E-state index contributed by atoms with van der Waals surface area (Å²) in [5, 5.41) is 11.6. The monoisotopic (exact) mass is 372 g/mol. The quantitative estimate of drug-likeness (QED) is 0.537. The average molecular weight is 372 g/mol. The third-order valence-electron chi connectivity index (χ3n) is 5.02. The molecule has 0 aliphatic heterocycles.